The highest BCUT2D eigenvalue weighted by molar-refractivity contribution is 5.78. The van der Waals surface area contributed by atoms with Gasteiger partial charge in [0, 0.05) is 13.1 Å². The predicted molar refractivity (Wildman–Crippen MR) is 112 cm³/mol. The quantitative estimate of drug-likeness (QED) is 0.507. The summed E-state index contributed by atoms with van der Waals surface area (Å²) >= 11 is 0. The van der Waals surface area contributed by atoms with Crippen molar-refractivity contribution < 1.29 is 9.47 Å². The van der Waals surface area contributed by atoms with Gasteiger partial charge in [-0.05, 0) is 94.0 Å². The predicted octanol–water partition coefficient (Wildman–Crippen LogP) is 3.92. The van der Waals surface area contributed by atoms with Crippen molar-refractivity contribution in [2.24, 2.45) is 0 Å². The molecule has 4 nitrogen and oxygen atoms in total. The maximum atomic E-state index is 5.95. The highest BCUT2D eigenvalue weighted by Gasteiger charge is 2.19. The van der Waals surface area contributed by atoms with E-state index in [-0.39, 0.29) is 0 Å². The van der Waals surface area contributed by atoms with E-state index < -0.39 is 0 Å². The summed E-state index contributed by atoms with van der Waals surface area (Å²) in [5.41, 5.74) is 5.33. The fourth-order valence-corrected chi connectivity index (χ4v) is 3.47. The molecular weight excluding hydrogens is 336 g/mol. The molecule has 2 aromatic rings. The third-order valence-corrected chi connectivity index (χ3v) is 4.87. The second kappa shape index (κ2) is 9.25. The summed E-state index contributed by atoms with van der Waals surface area (Å²) in [6.07, 6.45) is 3.05. The zero-order valence-electron chi connectivity index (χ0n) is 17.1. The second-order valence-corrected chi connectivity index (χ2v) is 7.83. The Labute approximate surface area is 163 Å². The van der Waals surface area contributed by atoms with E-state index in [0.717, 1.165) is 57.1 Å². The van der Waals surface area contributed by atoms with Crippen LogP contribution in [0.25, 0.3) is 11.1 Å². The lowest BCUT2D eigenvalue weighted by molar-refractivity contribution is 0.281. The Bertz CT molecular complexity index is 756. The van der Waals surface area contributed by atoms with Crippen molar-refractivity contribution in [2.45, 2.75) is 19.3 Å². The van der Waals surface area contributed by atoms with Crippen LogP contribution in [0, 0.1) is 0 Å². The Hall–Kier alpha value is -2.04. The van der Waals surface area contributed by atoms with E-state index in [4.69, 9.17) is 9.47 Å². The molecule has 0 bridgehead atoms. The van der Waals surface area contributed by atoms with E-state index in [1.54, 1.807) is 0 Å². The van der Waals surface area contributed by atoms with Crippen LogP contribution in [0.4, 0.5) is 0 Å². The first-order valence-electron chi connectivity index (χ1n) is 9.84. The van der Waals surface area contributed by atoms with Gasteiger partial charge in [0.2, 0.25) is 0 Å². The number of benzene rings is 2. The van der Waals surface area contributed by atoms with Crippen molar-refractivity contribution in [3.8, 4) is 22.6 Å². The number of nitrogens with zero attached hydrogens (tertiary/aromatic N) is 2. The molecule has 0 unspecified atom stereocenters. The van der Waals surface area contributed by atoms with Crippen LogP contribution in [0.5, 0.6) is 11.5 Å². The van der Waals surface area contributed by atoms with Crippen LogP contribution >= 0.6 is 0 Å². The van der Waals surface area contributed by atoms with Crippen LogP contribution < -0.4 is 9.47 Å². The lowest BCUT2D eigenvalue weighted by atomic mass is 10.1. The van der Waals surface area contributed by atoms with E-state index in [2.05, 4.69) is 74.4 Å². The lowest BCUT2D eigenvalue weighted by Gasteiger charge is -2.12. The van der Waals surface area contributed by atoms with Crippen LogP contribution in [0.2, 0.25) is 0 Å². The van der Waals surface area contributed by atoms with Gasteiger partial charge in [-0.1, -0.05) is 12.1 Å². The van der Waals surface area contributed by atoms with Crippen molar-refractivity contribution in [2.75, 3.05) is 54.5 Å². The summed E-state index contributed by atoms with van der Waals surface area (Å²) in [7, 11) is 8.36. The molecule has 2 aromatic carbocycles. The number of rotatable bonds is 10. The summed E-state index contributed by atoms with van der Waals surface area (Å²) in [5, 5.41) is 0. The molecule has 0 aromatic heterocycles. The van der Waals surface area contributed by atoms with Crippen molar-refractivity contribution in [3.63, 3.8) is 0 Å². The SMILES string of the molecule is CN(C)CCCOc1ccc2c(c1)Cc1ccc(OCCCN(C)C)cc1-2. The van der Waals surface area contributed by atoms with E-state index in [1.807, 2.05) is 0 Å². The normalized spacial score (nSPS) is 12.4. The van der Waals surface area contributed by atoms with Crippen molar-refractivity contribution in [3.05, 3.63) is 47.5 Å². The Morgan fingerprint density at radius 1 is 0.704 bits per heavy atom. The molecule has 0 amide bonds. The molecule has 0 N–H and O–H groups in total. The van der Waals surface area contributed by atoms with Crippen LogP contribution in [-0.2, 0) is 6.42 Å². The summed E-state index contributed by atoms with van der Waals surface area (Å²) in [4.78, 5) is 4.37. The van der Waals surface area contributed by atoms with Gasteiger partial charge in [0.15, 0.2) is 0 Å². The molecule has 3 rings (SSSR count). The van der Waals surface area contributed by atoms with Gasteiger partial charge in [-0.15, -0.1) is 0 Å². The Balaban J connectivity index is 1.60. The van der Waals surface area contributed by atoms with Crippen molar-refractivity contribution in [1.82, 2.24) is 9.80 Å². The van der Waals surface area contributed by atoms with Gasteiger partial charge in [0.05, 0.1) is 13.2 Å². The molecule has 4 heteroatoms. The Morgan fingerprint density at radius 2 is 1.30 bits per heavy atom. The molecule has 1 aliphatic rings. The maximum absolute atomic E-state index is 5.95. The van der Waals surface area contributed by atoms with Crippen molar-refractivity contribution >= 4 is 0 Å². The average Bonchev–Trinajstić information content (AvgIpc) is 2.99. The number of hydrogen-bond acceptors (Lipinski definition) is 4. The van der Waals surface area contributed by atoms with Gasteiger partial charge in [0.25, 0.3) is 0 Å². The van der Waals surface area contributed by atoms with Gasteiger partial charge in [-0.3, -0.25) is 0 Å². The highest BCUT2D eigenvalue weighted by atomic mass is 16.5. The summed E-state index contributed by atoms with van der Waals surface area (Å²) < 4.78 is 11.9. The highest BCUT2D eigenvalue weighted by Crippen LogP contribution is 2.40. The third kappa shape index (κ3) is 5.47. The summed E-state index contributed by atoms with van der Waals surface area (Å²) in [6, 6.07) is 13.0. The van der Waals surface area contributed by atoms with Crippen molar-refractivity contribution in [1.29, 1.82) is 0 Å². The van der Waals surface area contributed by atoms with E-state index >= 15 is 0 Å². The number of hydrogen-bond donors (Lipinski definition) is 0. The first-order chi connectivity index (χ1) is 13.0. The summed E-state index contributed by atoms with van der Waals surface area (Å²) in [6.45, 7) is 3.61. The molecule has 0 spiro atoms. The molecule has 146 valence electrons. The molecule has 0 saturated carbocycles. The molecule has 27 heavy (non-hydrogen) atoms. The maximum Gasteiger partial charge on any atom is 0.119 e. The average molecular weight is 369 g/mol. The van der Waals surface area contributed by atoms with Crippen LogP contribution in [-0.4, -0.2) is 64.3 Å². The Kier molecular flexibility index (Phi) is 6.75. The first-order valence-corrected chi connectivity index (χ1v) is 9.84. The molecular formula is C23H32N2O2. The minimum atomic E-state index is 0.754. The first kappa shape index (κ1) is 19.7. The van der Waals surface area contributed by atoms with Gasteiger partial charge in [0.1, 0.15) is 11.5 Å². The molecule has 0 fully saturated rings. The third-order valence-electron chi connectivity index (χ3n) is 4.87. The molecule has 0 heterocycles. The Morgan fingerprint density at radius 3 is 1.93 bits per heavy atom. The lowest BCUT2D eigenvalue weighted by Crippen LogP contribution is -2.15. The van der Waals surface area contributed by atoms with E-state index in [0.29, 0.717) is 0 Å². The van der Waals surface area contributed by atoms with Gasteiger partial charge < -0.3 is 19.3 Å². The van der Waals surface area contributed by atoms with E-state index in [1.165, 1.54) is 22.3 Å². The minimum absolute atomic E-state index is 0.754. The fourth-order valence-electron chi connectivity index (χ4n) is 3.47. The second-order valence-electron chi connectivity index (χ2n) is 7.83. The number of ether oxygens (including phenoxy) is 2. The smallest absolute Gasteiger partial charge is 0.119 e. The number of fused-ring (bicyclic) bond motifs is 3. The minimum Gasteiger partial charge on any atom is -0.494 e. The van der Waals surface area contributed by atoms with Gasteiger partial charge >= 0.3 is 0 Å². The molecule has 0 aliphatic heterocycles. The zero-order valence-corrected chi connectivity index (χ0v) is 17.1. The van der Waals surface area contributed by atoms with E-state index in [9.17, 15) is 0 Å². The monoisotopic (exact) mass is 368 g/mol. The molecule has 0 atom stereocenters. The summed E-state index contributed by atoms with van der Waals surface area (Å²) in [5.74, 6) is 1.94. The van der Waals surface area contributed by atoms with Crippen LogP contribution in [0.1, 0.15) is 24.0 Å². The zero-order chi connectivity index (χ0) is 19.2. The van der Waals surface area contributed by atoms with Gasteiger partial charge in [-0.25, -0.2) is 0 Å². The standard InChI is InChI=1S/C23H32N2O2/c1-24(2)11-5-13-26-20-9-10-22-19(16-20)15-18-7-8-21(17-23(18)22)27-14-6-12-25(3)4/h7-10,16-17H,5-6,11-15H2,1-4H3. The molecule has 0 radical (unpaired) electrons. The van der Waals surface area contributed by atoms with Crippen LogP contribution in [0.3, 0.4) is 0 Å². The largest absolute Gasteiger partial charge is 0.494 e. The topological polar surface area (TPSA) is 24.9 Å². The van der Waals surface area contributed by atoms with Crippen LogP contribution in [0.15, 0.2) is 36.4 Å². The molecule has 0 saturated heterocycles. The molecule has 1 aliphatic carbocycles. The fraction of sp³-hybridized carbons (Fsp3) is 0.478. The van der Waals surface area contributed by atoms with Gasteiger partial charge in [-0.2, -0.15) is 0 Å².